The summed E-state index contributed by atoms with van der Waals surface area (Å²) in [6.45, 7) is 3.52. The molecule has 33 heavy (non-hydrogen) atoms. The number of methoxy groups -OCH3 is 1. The van der Waals surface area contributed by atoms with E-state index in [0.717, 1.165) is 10.3 Å². The molecular weight excluding hydrogens is 436 g/mol. The lowest BCUT2D eigenvalue weighted by Gasteiger charge is -2.22. The predicted molar refractivity (Wildman–Crippen MR) is 131 cm³/mol. The maximum absolute atomic E-state index is 12.9. The van der Waals surface area contributed by atoms with E-state index >= 15 is 0 Å². The average molecular weight is 469 g/mol. The lowest BCUT2D eigenvalue weighted by atomic mass is 9.86. The number of carbonyl (C=O) groups is 2. The molecule has 1 saturated carbocycles. The van der Waals surface area contributed by atoms with Gasteiger partial charge in [0.15, 0.2) is 0 Å². The number of ketones is 1. The molecule has 4 atom stereocenters. The van der Waals surface area contributed by atoms with Crippen LogP contribution in [0, 0.1) is 29.1 Å². The highest BCUT2D eigenvalue weighted by Gasteiger charge is 2.53. The van der Waals surface area contributed by atoms with Gasteiger partial charge in [0.25, 0.3) is 0 Å². The first-order valence-electron chi connectivity index (χ1n) is 11.3. The minimum atomic E-state index is -0.858. The number of thiophene rings is 1. The second-order valence-electron chi connectivity index (χ2n) is 9.11. The minimum Gasteiger partial charge on any atom is -0.469 e. The van der Waals surface area contributed by atoms with Gasteiger partial charge in [-0.2, -0.15) is 0 Å². The number of esters is 1. The highest BCUT2D eigenvalue weighted by atomic mass is 32.1. The van der Waals surface area contributed by atoms with Gasteiger partial charge in [-0.15, -0.1) is 23.2 Å². The Bertz CT molecular complexity index is 1040. The molecule has 1 fully saturated rings. The number of Topliss-reactive ketones (excluding diaryl/α,β-unsaturated/α-hetero) is 1. The molecule has 0 spiro atoms. The Labute approximate surface area is 199 Å². The Kier molecular flexibility index (Phi) is 8.47. The van der Waals surface area contributed by atoms with E-state index < -0.39 is 29.5 Å². The van der Waals surface area contributed by atoms with Crippen LogP contribution in [0.3, 0.4) is 0 Å². The van der Waals surface area contributed by atoms with Gasteiger partial charge >= 0.3 is 5.97 Å². The van der Waals surface area contributed by atoms with Crippen molar-refractivity contribution in [3.63, 3.8) is 0 Å². The summed E-state index contributed by atoms with van der Waals surface area (Å²) in [6, 6.07) is 10.2. The Morgan fingerprint density at radius 2 is 2.06 bits per heavy atom. The third-order valence-electron chi connectivity index (χ3n) is 6.34. The molecule has 0 bridgehead atoms. The number of rotatable bonds is 8. The number of aliphatic hydroxyl groups is 2. The Morgan fingerprint density at radius 1 is 1.30 bits per heavy atom. The molecule has 2 N–H and O–H groups in total. The summed E-state index contributed by atoms with van der Waals surface area (Å²) in [5, 5.41) is 22.6. The molecule has 0 radical (unpaired) electrons. The van der Waals surface area contributed by atoms with E-state index in [1.807, 2.05) is 12.1 Å². The molecule has 1 aromatic carbocycles. The number of benzene rings is 1. The third-order valence-corrected chi connectivity index (χ3v) is 7.48. The molecule has 1 aliphatic rings. The largest absolute Gasteiger partial charge is 0.469 e. The monoisotopic (exact) mass is 468 g/mol. The topological polar surface area (TPSA) is 83.8 Å². The molecule has 176 valence electrons. The summed E-state index contributed by atoms with van der Waals surface area (Å²) in [7, 11) is 1.36. The molecule has 0 amide bonds. The SMILES string of the molecule is COC(=O)CCCC#CC[C@H]1C(=O)C(C)(C)[C@@H](O)[C@@H]1C=CC(O)Cc1cc2ccccc2s1. The van der Waals surface area contributed by atoms with Gasteiger partial charge in [0, 0.05) is 47.1 Å². The first kappa shape index (κ1) is 25.2. The van der Waals surface area contributed by atoms with Crippen molar-refractivity contribution in [2.75, 3.05) is 7.11 Å². The molecule has 1 aliphatic carbocycles. The second-order valence-corrected chi connectivity index (χ2v) is 10.3. The van der Waals surface area contributed by atoms with Crippen molar-refractivity contribution in [2.24, 2.45) is 17.3 Å². The number of ether oxygens (including phenoxy) is 1. The quantitative estimate of drug-likeness (QED) is 0.261. The van der Waals surface area contributed by atoms with Crippen molar-refractivity contribution in [3.8, 4) is 11.8 Å². The van der Waals surface area contributed by atoms with Gasteiger partial charge < -0.3 is 14.9 Å². The van der Waals surface area contributed by atoms with Crippen molar-refractivity contribution in [2.45, 2.75) is 58.2 Å². The van der Waals surface area contributed by atoms with Crippen molar-refractivity contribution in [1.82, 2.24) is 0 Å². The second kappa shape index (κ2) is 11.1. The summed E-state index contributed by atoms with van der Waals surface area (Å²) in [5.74, 6) is 4.99. The van der Waals surface area contributed by atoms with E-state index in [4.69, 9.17) is 0 Å². The maximum atomic E-state index is 12.9. The average Bonchev–Trinajstić information content (AvgIpc) is 3.26. The van der Waals surface area contributed by atoms with Crippen molar-refractivity contribution in [1.29, 1.82) is 0 Å². The van der Waals surface area contributed by atoms with Crippen LogP contribution in [0.5, 0.6) is 0 Å². The fraction of sp³-hybridized carbons (Fsp3) is 0.481. The molecule has 5 nitrogen and oxygen atoms in total. The van der Waals surface area contributed by atoms with Crippen LogP contribution in [0.15, 0.2) is 42.5 Å². The lowest BCUT2D eigenvalue weighted by Crippen LogP contribution is -2.31. The standard InChI is InChI=1S/C27H32O5S/c1-27(2)25(30)21(11-6-4-5-7-13-24(29)32-3)22(26(27)31)15-14-19(28)17-20-16-18-10-8-9-12-23(18)33-20/h8-10,12,14-16,19,21-22,26,28,31H,5,7,11,13,17H2,1-3H3/t19?,21-,22-,26+/m1/s1. The van der Waals surface area contributed by atoms with Crippen LogP contribution in [0.25, 0.3) is 10.1 Å². The summed E-state index contributed by atoms with van der Waals surface area (Å²) in [4.78, 5) is 25.2. The zero-order valence-electron chi connectivity index (χ0n) is 19.4. The van der Waals surface area contributed by atoms with E-state index in [1.54, 1.807) is 37.3 Å². The number of carbonyl (C=O) groups excluding carboxylic acids is 2. The van der Waals surface area contributed by atoms with E-state index in [0.29, 0.717) is 32.1 Å². The molecule has 1 unspecified atom stereocenters. The fourth-order valence-corrected chi connectivity index (χ4v) is 5.44. The van der Waals surface area contributed by atoms with Gasteiger partial charge in [0.1, 0.15) is 5.78 Å². The highest BCUT2D eigenvalue weighted by Crippen LogP contribution is 2.44. The van der Waals surface area contributed by atoms with Gasteiger partial charge in [-0.05, 0) is 23.9 Å². The minimum absolute atomic E-state index is 0.00694. The van der Waals surface area contributed by atoms with Crippen LogP contribution >= 0.6 is 11.3 Å². The third kappa shape index (κ3) is 6.11. The number of fused-ring (bicyclic) bond motifs is 1. The highest BCUT2D eigenvalue weighted by molar-refractivity contribution is 7.19. The van der Waals surface area contributed by atoms with E-state index in [2.05, 4.69) is 34.8 Å². The van der Waals surface area contributed by atoms with Crippen LogP contribution in [0.2, 0.25) is 0 Å². The van der Waals surface area contributed by atoms with Gasteiger partial charge in [-0.25, -0.2) is 0 Å². The van der Waals surface area contributed by atoms with Crippen LogP contribution in [0.1, 0.15) is 44.4 Å². The summed E-state index contributed by atoms with van der Waals surface area (Å²) >= 11 is 1.66. The predicted octanol–water partition coefficient (Wildman–Crippen LogP) is 4.30. The maximum Gasteiger partial charge on any atom is 0.305 e. The van der Waals surface area contributed by atoms with Gasteiger partial charge in [0.2, 0.25) is 0 Å². The zero-order valence-corrected chi connectivity index (χ0v) is 20.2. The molecule has 0 aliphatic heterocycles. The summed E-state index contributed by atoms with van der Waals surface area (Å²) in [6.07, 6.45) is 4.28. The molecule has 3 rings (SSSR count). The Hall–Kier alpha value is -2.46. The normalized spacial score (nSPS) is 22.9. The van der Waals surface area contributed by atoms with Crippen LogP contribution in [-0.2, 0) is 20.7 Å². The van der Waals surface area contributed by atoms with E-state index in [-0.39, 0.29) is 11.8 Å². The van der Waals surface area contributed by atoms with Crippen LogP contribution < -0.4 is 0 Å². The fourth-order valence-electron chi connectivity index (χ4n) is 4.33. The van der Waals surface area contributed by atoms with Crippen LogP contribution in [0.4, 0.5) is 0 Å². The van der Waals surface area contributed by atoms with Gasteiger partial charge in [-0.3, -0.25) is 9.59 Å². The molecule has 1 aromatic heterocycles. The van der Waals surface area contributed by atoms with Gasteiger partial charge in [-0.1, -0.05) is 44.2 Å². The number of hydrogen-bond donors (Lipinski definition) is 2. The lowest BCUT2D eigenvalue weighted by molar-refractivity contribution is -0.140. The molecule has 2 aromatic rings. The Morgan fingerprint density at radius 3 is 2.79 bits per heavy atom. The van der Waals surface area contributed by atoms with Gasteiger partial charge in [0.05, 0.1) is 24.7 Å². The van der Waals surface area contributed by atoms with E-state index in [9.17, 15) is 19.8 Å². The van der Waals surface area contributed by atoms with Crippen molar-refractivity contribution >= 4 is 33.2 Å². The Balaban J connectivity index is 1.63. The van der Waals surface area contributed by atoms with Crippen molar-refractivity contribution < 1.29 is 24.5 Å². The molecule has 1 heterocycles. The molecular formula is C27H32O5S. The number of hydrogen-bond acceptors (Lipinski definition) is 6. The first-order valence-corrected chi connectivity index (χ1v) is 12.1. The van der Waals surface area contributed by atoms with E-state index in [1.165, 1.54) is 11.8 Å². The molecule has 6 heteroatoms. The van der Waals surface area contributed by atoms with Crippen LogP contribution in [-0.4, -0.2) is 41.3 Å². The zero-order chi connectivity index (χ0) is 24.0. The number of aliphatic hydroxyl groups excluding tert-OH is 2. The van der Waals surface area contributed by atoms with Crippen molar-refractivity contribution in [3.05, 3.63) is 47.4 Å². The smallest absolute Gasteiger partial charge is 0.305 e. The summed E-state index contributed by atoms with van der Waals surface area (Å²) < 4.78 is 5.80. The summed E-state index contributed by atoms with van der Waals surface area (Å²) in [5.41, 5.74) is -0.858. The first-order chi connectivity index (χ1) is 15.7. The molecule has 0 saturated heterocycles. The number of unbranched alkanes of at least 4 members (excludes halogenated alkanes) is 1.